The minimum absolute atomic E-state index is 0.0560. The predicted octanol–water partition coefficient (Wildman–Crippen LogP) is 2.44. The molecule has 0 saturated heterocycles. The van der Waals surface area contributed by atoms with Crippen molar-refractivity contribution in [3.8, 4) is 5.75 Å². The maximum absolute atomic E-state index is 11.5. The van der Waals surface area contributed by atoms with Crippen LogP contribution in [0.1, 0.15) is 0 Å². The number of hydrogen-bond acceptors (Lipinski definition) is 3. The van der Waals surface area contributed by atoms with E-state index in [9.17, 15) is 8.42 Å². The van der Waals surface area contributed by atoms with E-state index in [1.807, 2.05) is 0 Å². The highest BCUT2D eigenvalue weighted by atomic mass is 79.9. The van der Waals surface area contributed by atoms with Crippen LogP contribution in [0.25, 0.3) is 0 Å². The van der Waals surface area contributed by atoms with Gasteiger partial charge in [0.05, 0.1) is 18.6 Å². The summed E-state index contributed by atoms with van der Waals surface area (Å²) >= 11 is 8.65. The smallest absolute Gasteiger partial charge is 0.233 e. The molecule has 0 spiro atoms. The van der Waals surface area contributed by atoms with Crippen LogP contribution in [-0.2, 0) is 10.0 Å². The molecule has 7 heteroatoms. The normalized spacial score (nSPS) is 11.2. The first-order valence-electron chi connectivity index (χ1n) is 4.38. The summed E-state index contributed by atoms with van der Waals surface area (Å²) in [5.74, 6) is 0.502. The molecular formula is C9H11BrClNO3S. The van der Waals surface area contributed by atoms with Crippen LogP contribution in [0.4, 0.5) is 5.69 Å². The molecule has 90 valence electrons. The topological polar surface area (TPSA) is 55.4 Å². The molecule has 0 aliphatic rings. The monoisotopic (exact) mass is 327 g/mol. The molecule has 0 heterocycles. The molecule has 0 aliphatic heterocycles. The average Bonchev–Trinajstić information content (AvgIpc) is 2.15. The summed E-state index contributed by atoms with van der Waals surface area (Å²) in [6, 6.07) is 4.98. The van der Waals surface area contributed by atoms with Crippen LogP contribution in [0.15, 0.2) is 22.7 Å². The van der Waals surface area contributed by atoms with Crippen molar-refractivity contribution in [2.24, 2.45) is 0 Å². The van der Waals surface area contributed by atoms with Crippen LogP contribution < -0.4 is 9.46 Å². The average molecular weight is 329 g/mol. The maximum atomic E-state index is 11.5. The lowest BCUT2D eigenvalue weighted by atomic mass is 10.3. The number of sulfonamides is 1. The third-order valence-electron chi connectivity index (χ3n) is 1.73. The molecule has 1 aromatic rings. The SMILES string of the molecule is COc1cc(Br)cc(NS(=O)(=O)CCCl)c1. The summed E-state index contributed by atoms with van der Waals surface area (Å²) in [4.78, 5) is 0. The summed E-state index contributed by atoms with van der Waals surface area (Å²) in [6.07, 6.45) is 0. The third-order valence-corrected chi connectivity index (χ3v) is 3.89. The van der Waals surface area contributed by atoms with Crippen molar-refractivity contribution in [3.63, 3.8) is 0 Å². The zero-order valence-electron chi connectivity index (χ0n) is 8.54. The molecule has 16 heavy (non-hydrogen) atoms. The van der Waals surface area contributed by atoms with E-state index in [4.69, 9.17) is 16.3 Å². The molecule has 0 atom stereocenters. The Kier molecular flexibility index (Phi) is 4.89. The minimum Gasteiger partial charge on any atom is -0.497 e. The zero-order valence-corrected chi connectivity index (χ0v) is 11.7. The Morgan fingerprint density at radius 3 is 2.69 bits per heavy atom. The summed E-state index contributed by atoms with van der Waals surface area (Å²) in [6.45, 7) is 0. The highest BCUT2D eigenvalue weighted by Crippen LogP contribution is 2.25. The van der Waals surface area contributed by atoms with E-state index in [0.29, 0.717) is 11.4 Å². The number of benzene rings is 1. The Morgan fingerprint density at radius 1 is 1.44 bits per heavy atom. The summed E-state index contributed by atoms with van der Waals surface area (Å²) in [5, 5.41) is 0. The molecule has 0 unspecified atom stereocenters. The van der Waals surface area contributed by atoms with Gasteiger partial charge in [-0.25, -0.2) is 8.42 Å². The van der Waals surface area contributed by atoms with Gasteiger partial charge in [-0.3, -0.25) is 4.72 Å². The summed E-state index contributed by atoms with van der Waals surface area (Å²) < 4.78 is 31.1. The molecule has 0 amide bonds. The van der Waals surface area contributed by atoms with Crippen LogP contribution in [0.3, 0.4) is 0 Å². The maximum Gasteiger partial charge on any atom is 0.233 e. The van der Waals surface area contributed by atoms with Crippen LogP contribution in [0, 0.1) is 0 Å². The van der Waals surface area contributed by atoms with Gasteiger partial charge in [0.2, 0.25) is 10.0 Å². The molecule has 0 radical (unpaired) electrons. The molecule has 0 aliphatic carbocycles. The first-order chi connectivity index (χ1) is 7.46. The number of rotatable bonds is 5. The van der Waals surface area contributed by atoms with Crippen LogP contribution in [0.5, 0.6) is 5.75 Å². The first kappa shape index (κ1) is 13.6. The van der Waals surface area contributed by atoms with Gasteiger partial charge in [-0.05, 0) is 12.1 Å². The lowest BCUT2D eigenvalue weighted by molar-refractivity contribution is 0.415. The fourth-order valence-electron chi connectivity index (χ4n) is 1.07. The van der Waals surface area contributed by atoms with E-state index in [2.05, 4.69) is 20.7 Å². The highest BCUT2D eigenvalue weighted by Gasteiger charge is 2.10. The van der Waals surface area contributed by atoms with E-state index >= 15 is 0 Å². The molecule has 0 fully saturated rings. The number of hydrogen-bond donors (Lipinski definition) is 1. The lowest BCUT2D eigenvalue weighted by Gasteiger charge is -2.08. The van der Waals surface area contributed by atoms with Crippen LogP contribution in [-0.4, -0.2) is 27.2 Å². The number of halogens is 2. The number of methoxy groups -OCH3 is 1. The second kappa shape index (κ2) is 5.75. The van der Waals surface area contributed by atoms with Gasteiger partial charge >= 0.3 is 0 Å². The molecule has 0 bridgehead atoms. The van der Waals surface area contributed by atoms with Crippen molar-refractivity contribution in [1.82, 2.24) is 0 Å². The van der Waals surface area contributed by atoms with Crippen molar-refractivity contribution >= 4 is 43.2 Å². The van der Waals surface area contributed by atoms with Gasteiger partial charge in [-0.1, -0.05) is 15.9 Å². The van der Waals surface area contributed by atoms with Gasteiger partial charge in [0.25, 0.3) is 0 Å². The Hall–Kier alpha value is -0.460. The highest BCUT2D eigenvalue weighted by molar-refractivity contribution is 9.10. The van der Waals surface area contributed by atoms with Crippen LogP contribution >= 0.6 is 27.5 Å². The summed E-state index contributed by atoms with van der Waals surface area (Å²) in [7, 11) is -1.87. The van der Waals surface area contributed by atoms with E-state index in [0.717, 1.165) is 4.47 Å². The van der Waals surface area contributed by atoms with E-state index in [-0.39, 0.29) is 11.6 Å². The van der Waals surface area contributed by atoms with Crippen LogP contribution in [0.2, 0.25) is 0 Å². The third kappa shape index (κ3) is 4.19. The molecule has 1 aromatic carbocycles. The number of nitrogens with one attached hydrogen (secondary N) is 1. The molecule has 1 N–H and O–H groups in total. The second-order valence-electron chi connectivity index (χ2n) is 2.99. The zero-order chi connectivity index (χ0) is 12.2. The van der Waals surface area contributed by atoms with Crippen molar-refractivity contribution < 1.29 is 13.2 Å². The molecular weight excluding hydrogens is 318 g/mol. The van der Waals surface area contributed by atoms with Gasteiger partial charge in [-0.2, -0.15) is 0 Å². The standard InChI is InChI=1S/C9H11BrClNO3S/c1-15-9-5-7(10)4-8(6-9)12-16(13,14)3-2-11/h4-6,12H,2-3H2,1H3. The predicted molar refractivity (Wildman–Crippen MR) is 68.8 cm³/mol. The van der Waals surface area contributed by atoms with Crippen molar-refractivity contribution in [1.29, 1.82) is 0 Å². The van der Waals surface area contributed by atoms with E-state index < -0.39 is 10.0 Å². The second-order valence-corrected chi connectivity index (χ2v) is 6.13. The summed E-state index contributed by atoms with van der Waals surface area (Å²) in [5.41, 5.74) is 0.441. The van der Waals surface area contributed by atoms with Crippen molar-refractivity contribution in [2.75, 3.05) is 23.5 Å². The van der Waals surface area contributed by atoms with Gasteiger partial charge in [0.1, 0.15) is 5.75 Å². The Morgan fingerprint density at radius 2 is 2.12 bits per heavy atom. The van der Waals surface area contributed by atoms with Gasteiger partial charge in [-0.15, -0.1) is 11.6 Å². The minimum atomic E-state index is -3.38. The first-order valence-corrected chi connectivity index (χ1v) is 7.36. The Balaban J connectivity index is 2.93. The number of anilines is 1. The Bertz CT molecular complexity index is 464. The van der Waals surface area contributed by atoms with E-state index in [1.54, 1.807) is 18.2 Å². The van der Waals surface area contributed by atoms with Gasteiger partial charge < -0.3 is 4.74 Å². The van der Waals surface area contributed by atoms with Gasteiger partial charge in [0.15, 0.2) is 0 Å². The lowest BCUT2D eigenvalue weighted by Crippen LogP contribution is -2.17. The largest absolute Gasteiger partial charge is 0.497 e. The van der Waals surface area contributed by atoms with Gasteiger partial charge in [0, 0.05) is 16.4 Å². The Labute approximate surface area is 108 Å². The fraction of sp³-hybridized carbons (Fsp3) is 0.333. The molecule has 1 rings (SSSR count). The van der Waals surface area contributed by atoms with Crippen molar-refractivity contribution in [3.05, 3.63) is 22.7 Å². The quantitative estimate of drug-likeness (QED) is 0.845. The molecule has 4 nitrogen and oxygen atoms in total. The fourth-order valence-corrected chi connectivity index (χ4v) is 2.94. The number of ether oxygens (including phenoxy) is 1. The van der Waals surface area contributed by atoms with Crippen molar-refractivity contribution in [2.45, 2.75) is 0 Å². The molecule has 0 aromatic heterocycles. The molecule has 0 saturated carbocycles. The number of alkyl halides is 1. The van der Waals surface area contributed by atoms with E-state index in [1.165, 1.54) is 7.11 Å².